The molecular weight excluding hydrogens is 271 g/mol. The molecule has 0 aliphatic heterocycles. The molecule has 2 aromatic rings. The summed E-state index contributed by atoms with van der Waals surface area (Å²) in [5, 5.41) is 14.2. The number of anilines is 1. The van der Waals surface area contributed by atoms with Crippen LogP contribution in [0.2, 0.25) is 0 Å². The van der Waals surface area contributed by atoms with Crippen LogP contribution in [-0.4, -0.2) is 4.92 Å². The van der Waals surface area contributed by atoms with E-state index in [4.69, 9.17) is 0 Å². The summed E-state index contributed by atoms with van der Waals surface area (Å²) in [6, 6.07) is 11.2. The lowest BCUT2D eigenvalue weighted by atomic mass is 10.1. The molecule has 0 aliphatic rings. The first-order chi connectivity index (χ1) is 10.0. The zero-order valence-electron chi connectivity index (χ0n) is 12.0. The second kappa shape index (κ2) is 6.35. The predicted octanol–water partition coefficient (Wildman–Crippen LogP) is 4.47. The second-order valence-electron chi connectivity index (χ2n) is 4.84. The van der Waals surface area contributed by atoms with E-state index in [2.05, 4.69) is 5.32 Å². The van der Waals surface area contributed by atoms with E-state index < -0.39 is 4.92 Å². The van der Waals surface area contributed by atoms with Gasteiger partial charge in [-0.05, 0) is 25.5 Å². The highest BCUT2D eigenvalue weighted by Crippen LogP contribution is 2.27. The summed E-state index contributed by atoms with van der Waals surface area (Å²) in [6.07, 6.45) is 0.597. The number of nitro benzene ring substituents is 1. The van der Waals surface area contributed by atoms with E-state index in [0.717, 1.165) is 0 Å². The first-order valence-corrected chi connectivity index (χ1v) is 6.81. The van der Waals surface area contributed by atoms with Gasteiger partial charge in [0, 0.05) is 22.9 Å². The highest BCUT2D eigenvalue weighted by Gasteiger charge is 2.15. The van der Waals surface area contributed by atoms with Crippen molar-refractivity contribution in [3.63, 3.8) is 0 Å². The highest BCUT2D eigenvalue weighted by atomic mass is 19.1. The van der Waals surface area contributed by atoms with Gasteiger partial charge in [-0.15, -0.1) is 0 Å². The molecule has 0 fully saturated rings. The molecule has 0 saturated carbocycles. The van der Waals surface area contributed by atoms with E-state index in [0.29, 0.717) is 23.2 Å². The van der Waals surface area contributed by atoms with Gasteiger partial charge in [0.1, 0.15) is 5.82 Å². The molecule has 0 spiro atoms. The average molecular weight is 288 g/mol. The monoisotopic (exact) mass is 288 g/mol. The molecular formula is C16H17FN2O2. The number of rotatable bonds is 5. The van der Waals surface area contributed by atoms with E-state index in [9.17, 15) is 14.5 Å². The van der Waals surface area contributed by atoms with Crippen molar-refractivity contribution in [3.8, 4) is 0 Å². The fourth-order valence-corrected chi connectivity index (χ4v) is 2.28. The summed E-state index contributed by atoms with van der Waals surface area (Å²) in [5.74, 6) is -0.294. The summed E-state index contributed by atoms with van der Waals surface area (Å²) >= 11 is 0. The van der Waals surface area contributed by atoms with Gasteiger partial charge in [-0.2, -0.15) is 0 Å². The molecule has 0 heterocycles. The Hall–Kier alpha value is -2.43. The SMILES string of the molecule is CCc1ccc(NC(C)c2ccccc2F)cc1[N+](=O)[O-]. The van der Waals surface area contributed by atoms with Crippen molar-refractivity contribution in [1.82, 2.24) is 0 Å². The second-order valence-corrected chi connectivity index (χ2v) is 4.84. The minimum Gasteiger partial charge on any atom is -0.378 e. The Kier molecular flexibility index (Phi) is 4.52. The number of hydrogen-bond acceptors (Lipinski definition) is 3. The summed E-state index contributed by atoms with van der Waals surface area (Å²) in [4.78, 5) is 10.7. The van der Waals surface area contributed by atoms with Crippen LogP contribution >= 0.6 is 0 Å². The minimum absolute atomic E-state index is 0.0863. The third kappa shape index (κ3) is 3.37. The Balaban J connectivity index is 2.26. The Morgan fingerprint density at radius 1 is 1.29 bits per heavy atom. The van der Waals surface area contributed by atoms with E-state index >= 15 is 0 Å². The maximum absolute atomic E-state index is 13.7. The zero-order valence-corrected chi connectivity index (χ0v) is 12.0. The molecule has 110 valence electrons. The zero-order chi connectivity index (χ0) is 15.4. The topological polar surface area (TPSA) is 55.2 Å². The van der Waals surface area contributed by atoms with Crippen LogP contribution in [0.25, 0.3) is 0 Å². The van der Waals surface area contributed by atoms with Gasteiger partial charge in [-0.3, -0.25) is 10.1 Å². The van der Waals surface area contributed by atoms with Gasteiger partial charge in [-0.25, -0.2) is 4.39 Å². The fraction of sp³-hybridized carbons (Fsp3) is 0.250. The maximum atomic E-state index is 13.7. The third-order valence-electron chi connectivity index (χ3n) is 3.42. The Bertz CT molecular complexity index is 658. The van der Waals surface area contributed by atoms with E-state index in [-0.39, 0.29) is 17.5 Å². The van der Waals surface area contributed by atoms with Crippen LogP contribution in [0.5, 0.6) is 0 Å². The van der Waals surface area contributed by atoms with Crippen molar-refractivity contribution >= 4 is 11.4 Å². The van der Waals surface area contributed by atoms with Crippen molar-refractivity contribution in [2.45, 2.75) is 26.3 Å². The van der Waals surface area contributed by atoms with E-state index in [1.807, 2.05) is 13.8 Å². The average Bonchev–Trinajstić information content (AvgIpc) is 2.47. The van der Waals surface area contributed by atoms with Crippen LogP contribution in [-0.2, 0) is 6.42 Å². The number of halogens is 1. The first kappa shape index (κ1) is 15.0. The highest BCUT2D eigenvalue weighted by molar-refractivity contribution is 5.56. The lowest BCUT2D eigenvalue weighted by Crippen LogP contribution is -2.09. The van der Waals surface area contributed by atoms with E-state index in [1.54, 1.807) is 30.3 Å². The third-order valence-corrected chi connectivity index (χ3v) is 3.42. The van der Waals surface area contributed by atoms with Gasteiger partial charge in [0.05, 0.1) is 11.0 Å². The number of aryl methyl sites for hydroxylation is 1. The van der Waals surface area contributed by atoms with Gasteiger partial charge in [0.2, 0.25) is 0 Å². The molecule has 0 aromatic heterocycles. The summed E-state index contributed by atoms with van der Waals surface area (Å²) in [6.45, 7) is 3.69. The molecule has 5 heteroatoms. The Morgan fingerprint density at radius 2 is 2.00 bits per heavy atom. The first-order valence-electron chi connectivity index (χ1n) is 6.81. The van der Waals surface area contributed by atoms with Crippen molar-refractivity contribution < 1.29 is 9.31 Å². The van der Waals surface area contributed by atoms with Crippen LogP contribution in [0.4, 0.5) is 15.8 Å². The number of nitro groups is 1. The number of benzene rings is 2. The van der Waals surface area contributed by atoms with Crippen molar-refractivity contribution in [2.75, 3.05) is 5.32 Å². The van der Waals surface area contributed by atoms with Crippen LogP contribution in [0, 0.1) is 15.9 Å². The summed E-state index contributed by atoms with van der Waals surface area (Å²) < 4.78 is 13.7. The molecule has 2 aromatic carbocycles. The Labute approximate surface area is 122 Å². The Morgan fingerprint density at radius 3 is 2.62 bits per heavy atom. The lowest BCUT2D eigenvalue weighted by Gasteiger charge is -2.16. The van der Waals surface area contributed by atoms with Gasteiger partial charge in [0.15, 0.2) is 0 Å². The molecule has 0 saturated heterocycles. The molecule has 0 amide bonds. The number of hydrogen-bond donors (Lipinski definition) is 1. The molecule has 1 unspecified atom stereocenters. The van der Waals surface area contributed by atoms with Gasteiger partial charge >= 0.3 is 0 Å². The quantitative estimate of drug-likeness (QED) is 0.652. The molecule has 0 aliphatic carbocycles. The molecule has 1 atom stereocenters. The normalized spacial score (nSPS) is 12.0. The van der Waals surface area contributed by atoms with E-state index in [1.165, 1.54) is 12.1 Å². The molecule has 1 N–H and O–H groups in total. The van der Waals surface area contributed by atoms with Gasteiger partial charge in [0.25, 0.3) is 5.69 Å². The van der Waals surface area contributed by atoms with Crippen LogP contribution in [0.15, 0.2) is 42.5 Å². The number of nitrogens with zero attached hydrogens (tertiary/aromatic N) is 1. The van der Waals surface area contributed by atoms with Crippen LogP contribution < -0.4 is 5.32 Å². The number of nitrogens with one attached hydrogen (secondary N) is 1. The van der Waals surface area contributed by atoms with Crippen molar-refractivity contribution in [2.24, 2.45) is 0 Å². The fourth-order valence-electron chi connectivity index (χ4n) is 2.28. The van der Waals surface area contributed by atoms with Gasteiger partial charge < -0.3 is 5.32 Å². The van der Waals surface area contributed by atoms with Gasteiger partial charge in [-0.1, -0.05) is 31.2 Å². The largest absolute Gasteiger partial charge is 0.378 e. The lowest BCUT2D eigenvalue weighted by molar-refractivity contribution is -0.385. The maximum Gasteiger partial charge on any atom is 0.274 e. The molecule has 2 rings (SSSR count). The summed E-state index contributed by atoms with van der Waals surface area (Å²) in [5.41, 5.74) is 1.90. The van der Waals surface area contributed by atoms with Crippen LogP contribution in [0.3, 0.4) is 0 Å². The smallest absolute Gasteiger partial charge is 0.274 e. The molecule has 4 nitrogen and oxygen atoms in total. The minimum atomic E-state index is -0.391. The molecule has 0 radical (unpaired) electrons. The van der Waals surface area contributed by atoms with Crippen LogP contribution in [0.1, 0.15) is 31.0 Å². The molecule has 0 bridgehead atoms. The standard InChI is InChI=1S/C16H17FN2O2/c1-3-12-8-9-13(10-16(12)19(20)21)18-11(2)14-6-4-5-7-15(14)17/h4-11,18H,3H2,1-2H3. The van der Waals surface area contributed by atoms with Crippen molar-refractivity contribution in [1.29, 1.82) is 0 Å². The summed E-state index contributed by atoms with van der Waals surface area (Å²) in [7, 11) is 0. The molecule has 21 heavy (non-hydrogen) atoms. The van der Waals surface area contributed by atoms with Crippen molar-refractivity contribution in [3.05, 3.63) is 69.5 Å². The predicted molar refractivity (Wildman–Crippen MR) is 80.9 cm³/mol.